The zero-order valence-electron chi connectivity index (χ0n) is 13.9. The second-order valence-corrected chi connectivity index (χ2v) is 5.42. The van der Waals surface area contributed by atoms with Crippen molar-refractivity contribution in [1.29, 1.82) is 0 Å². The molecule has 2 aromatic rings. The largest absolute Gasteiger partial charge is 0.380 e. The molecule has 1 aromatic carbocycles. The molecule has 0 aliphatic carbocycles. The SMILES string of the molecule is CCOCCN1CN(CCOCC)c2nc3ccccc3nc21. The minimum Gasteiger partial charge on any atom is -0.380 e. The molecule has 0 atom stereocenters. The van der Waals surface area contributed by atoms with E-state index in [2.05, 4.69) is 9.80 Å². The Bertz CT molecular complexity index is 595. The van der Waals surface area contributed by atoms with E-state index in [1.807, 2.05) is 38.1 Å². The van der Waals surface area contributed by atoms with Crippen molar-refractivity contribution in [3.63, 3.8) is 0 Å². The van der Waals surface area contributed by atoms with Crippen molar-refractivity contribution in [2.45, 2.75) is 13.8 Å². The number of rotatable bonds is 8. The van der Waals surface area contributed by atoms with E-state index in [0.29, 0.717) is 13.2 Å². The molecule has 124 valence electrons. The number of fused-ring (bicyclic) bond motifs is 2. The van der Waals surface area contributed by atoms with E-state index in [9.17, 15) is 0 Å². The molecular formula is C17H24N4O2. The normalized spacial score (nSPS) is 13.8. The molecule has 0 spiro atoms. The van der Waals surface area contributed by atoms with Crippen molar-refractivity contribution in [2.24, 2.45) is 0 Å². The summed E-state index contributed by atoms with van der Waals surface area (Å²) in [6.07, 6.45) is 0. The molecule has 0 radical (unpaired) electrons. The third kappa shape index (κ3) is 3.54. The van der Waals surface area contributed by atoms with Gasteiger partial charge in [-0.15, -0.1) is 0 Å². The number of aromatic nitrogens is 2. The zero-order chi connectivity index (χ0) is 16.1. The van der Waals surface area contributed by atoms with Crippen LogP contribution in [0.5, 0.6) is 0 Å². The van der Waals surface area contributed by atoms with Crippen molar-refractivity contribution in [3.05, 3.63) is 24.3 Å². The van der Waals surface area contributed by atoms with Crippen LogP contribution in [0.25, 0.3) is 11.0 Å². The monoisotopic (exact) mass is 316 g/mol. The highest BCUT2D eigenvalue weighted by atomic mass is 16.5. The first kappa shape index (κ1) is 16.0. The summed E-state index contributed by atoms with van der Waals surface area (Å²) in [5.41, 5.74) is 1.86. The predicted octanol–water partition coefficient (Wildman–Crippen LogP) is 2.29. The van der Waals surface area contributed by atoms with E-state index in [1.165, 1.54) is 0 Å². The number of nitrogens with zero attached hydrogens (tertiary/aromatic N) is 4. The molecule has 6 heteroatoms. The summed E-state index contributed by atoms with van der Waals surface area (Å²) < 4.78 is 11.0. The van der Waals surface area contributed by atoms with Gasteiger partial charge in [0.1, 0.15) is 0 Å². The summed E-state index contributed by atoms with van der Waals surface area (Å²) in [6.45, 7) is 9.31. The van der Waals surface area contributed by atoms with Gasteiger partial charge in [0.2, 0.25) is 0 Å². The first-order valence-electron chi connectivity index (χ1n) is 8.25. The highest BCUT2D eigenvalue weighted by Gasteiger charge is 2.28. The van der Waals surface area contributed by atoms with Crippen LogP contribution in [0.15, 0.2) is 24.3 Å². The Morgan fingerprint density at radius 1 is 0.870 bits per heavy atom. The van der Waals surface area contributed by atoms with Crippen molar-refractivity contribution < 1.29 is 9.47 Å². The van der Waals surface area contributed by atoms with Crippen molar-refractivity contribution in [1.82, 2.24) is 9.97 Å². The molecule has 1 aromatic heterocycles. The summed E-state index contributed by atoms with van der Waals surface area (Å²) in [5, 5.41) is 0. The maximum atomic E-state index is 5.50. The van der Waals surface area contributed by atoms with Gasteiger partial charge < -0.3 is 19.3 Å². The minimum absolute atomic E-state index is 0.698. The number of hydrogen-bond acceptors (Lipinski definition) is 6. The Morgan fingerprint density at radius 2 is 1.35 bits per heavy atom. The quantitative estimate of drug-likeness (QED) is 0.697. The number of para-hydroxylation sites is 2. The van der Waals surface area contributed by atoms with Crippen molar-refractivity contribution >= 4 is 22.7 Å². The lowest BCUT2D eigenvalue weighted by atomic mass is 10.3. The van der Waals surface area contributed by atoms with Gasteiger partial charge in [0.15, 0.2) is 11.6 Å². The molecule has 0 amide bonds. The van der Waals surface area contributed by atoms with E-state index in [1.54, 1.807) is 0 Å². The maximum Gasteiger partial charge on any atom is 0.174 e. The fraction of sp³-hybridized carbons (Fsp3) is 0.529. The van der Waals surface area contributed by atoms with Gasteiger partial charge in [-0.25, -0.2) is 9.97 Å². The van der Waals surface area contributed by atoms with Crippen molar-refractivity contribution in [3.8, 4) is 0 Å². The molecule has 0 N–H and O–H groups in total. The topological polar surface area (TPSA) is 50.7 Å². The molecule has 0 saturated heterocycles. The molecular weight excluding hydrogens is 292 g/mol. The van der Waals surface area contributed by atoms with Crippen LogP contribution in [0.3, 0.4) is 0 Å². The molecule has 1 aliphatic rings. The van der Waals surface area contributed by atoms with Gasteiger partial charge in [-0.1, -0.05) is 12.1 Å². The molecule has 2 heterocycles. The fourth-order valence-corrected chi connectivity index (χ4v) is 2.74. The number of benzene rings is 1. The van der Waals surface area contributed by atoms with Crippen LogP contribution < -0.4 is 9.80 Å². The maximum absolute atomic E-state index is 5.50. The van der Waals surface area contributed by atoms with Gasteiger partial charge in [-0.3, -0.25) is 0 Å². The molecule has 1 aliphatic heterocycles. The van der Waals surface area contributed by atoms with Gasteiger partial charge in [0.25, 0.3) is 0 Å². The number of anilines is 2. The second-order valence-electron chi connectivity index (χ2n) is 5.42. The highest BCUT2D eigenvalue weighted by molar-refractivity contribution is 5.82. The predicted molar refractivity (Wildman–Crippen MR) is 92.1 cm³/mol. The highest BCUT2D eigenvalue weighted by Crippen LogP contribution is 2.33. The van der Waals surface area contributed by atoms with Gasteiger partial charge in [-0.2, -0.15) is 0 Å². The standard InChI is InChI=1S/C17H24N4O2/c1-3-22-11-9-20-13-21(10-12-23-4-2)17-16(20)18-14-7-5-6-8-15(14)19-17/h5-8H,3-4,9-13H2,1-2H3. The Hall–Kier alpha value is -1.92. The summed E-state index contributed by atoms with van der Waals surface area (Å²) >= 11 is 0. The fourth-order valence-electron chi connectivity index (χ4n) is 2.74. The number of ether oxygens (including phenoxy) is 2. The van der Waals surface area contributed by atoms with E-state index >= 15 is 0 Å². The van der Waals surface area contributed by atoms with Crippen LogP contribution in [0.1, 0.15) is 13.8 Å². The van der Waals surface area contributed by atoms with Crippen LogP contribution in [-0.4, -0.2) is 56.2 Å². The van der Waals surface area contributed by atoms with E-state index in [0.717, 1.165) is 55.6 Å². The van der Waals surface area contributed by atoms with E-state index in [4.69, 9.17) is 19.4 Å². The smallest absolute Gasteiger partial charge is 0.174 e. The lowest BCUT2D eigenvalue weighted by Gasteiger charge is -2.20. The molecule has 0 saturated carbocycles. The Kier molecular flexibility index (Phi) is 5.25. The van der Waals surface area contributed by atoms with Crippen molar-refractivity contribution in [2.75, 3.05) is 56.0 Å². The summed E-state index contributed by atoms with van der Waals surface area (Å²) in [7, 11) is 0. The van der Waals surface area contributed by atoms with Gasteiger partial charge in [0.05, 0.1) is 30.9 Å². The first-order valence-corrected chi connectivity index (χ1v) is 8.25. The zero-order valence-corrected chi connectivity index (χ0v) is 13.9. The lowest BCUT2D eigenvalue weighted by molar-refractivity contribution is 0.151. The van der Waals surface area contributed by atoms with Gasteiger partial charge in [0, 0.05) is 26.3 Å². The Balaban J connectivity index is 1.85. The second kappa shape index (κ2) is 7.57. The summed E-state index contributed by atoms with van der Waals surface area (Å²) in [5.74, 6) is 1.89. The Labute approximate surface area is 137 Å². The van der Waals surface area contributed by atoms with E-state index in [-0.39, 0.29) is 0 Å². The average Bonchev–Trinajstić information content (AvgIpc) is 2.91. The van der Waals surface area contributed by atoms with Gasteiger partial charge in [-0.05, 0) is 26.0 Å². The molecule has 0 fully saturated rings. The molecule has 23 heavy (non-hydrogen) atoms. The van der Waals surface area contributed by atoms with Crippen LogP contribution in [0.2, 0.25) is 0 Å². The third-order valence-electron chi connectivity index (χ3n) is 3.89. The lowest BCUT2D eigenvalue weighted by Crippen LogP contribution is -2.35. The van der Waals surface area contributed by atoms with Crippen LogP contribution in [0, 0.1) is 0 Å². The molecule has 0 bridgehead atoms. The van der Waals surface area contributed by atoms with Crippen LogP contribution in [-0.2, 0) is 9.47 Å². The summed E-state index contributed by atoms with van der Waals surface area (Å²) in [6, 6.07) is 8.00. The summed E-state index contributed by atoms with van der Waals surface area (Å²) in [4.78, 5) is 14.1. The average molecular weight is 316 g/mol. The molecule has 6 nitrogen and oxygen atoms in total. The number of hydrogen-bond donors (Lipinski definition) is 0. The van der Waals surface area contributed by atoms with Crippen LogP contribution >= 0.6 is 0 Å². The molecule has 3 rings (SSSR count). The molecule has 0 unspecified atom stereocenters. The van der Waals surface area contributed by atoms with Crippen LogP contribution in [0.4, 0.5) is 11.6 Å². The Morgan fingerprint density at radius 3 is 1.78 bits per heavy atom. The minimum atomic E-state index is 0.698. The van der Waals surface area contributed by atoms with E-state index < -0.39 is 0 Å². The third-order valence-corrected chi connectivity index (χ3v) is 3.89. The first-order chi connectivity index (χ1) is 11.3. The van der Waals surface area contributed by atoms with Gasteiger partial charge >= 0.3 is 0 Å².